The van der Waals surface area contributed by atoms with E-state index in [1.165, 1.54) is 0 Å². The average Bonchev–Trinajstić information content (AvgIpc) is 2.72. The van der Waals surface area contributed by atoms with Crippen LogP contribution in [0.3, 0.4) is 0 Å². The number of unbranched alkanes of at least 4 members (excludes halogenated alkanes) is 1. The summed E-state index contributed by atoms with van der Waals surface area (Å²) in [4.78, 5) is 11.4. The smallest absolute Gasteiger partial charge is 0.330 e. The van der Waals surface area contributed by atoms with E-state index in [0.717, 1.165) is 37.4 Å². The molecule has 0 heterocycles. The zero-order valence-corrected chi connectivity index (χ0v) is 24.5. The van der Waals surface area contributed by atoms with Crippen LogP contribution in [0.2, 0.25) is 36.3 Å². The minimum atomic E-state index is -1.99. The van der Waals surface area contributed by atoms with E-state index in [2.05, 4.69) is 67.5 Å². The molecule has 0 aliphatic rings. The van der Waals surface area contributed by atoms with Gasteiger partial charge >= 0.3 is 5.97 Å². The quantitative estimate of drug-likeness (QED) is 0.113. The number of rotatable bonds is 15. The van der Waals surface area contributed by atoms with Gasteiger partial charge < -0.3 is 14.0 Å². The van der Waals surface area contributed by atoms with Gasteiger partial charge in [-0.3, -0.25) is 0 Å². The normalized spacial score (nSPS) is 16.3. The van der Waals surface area contributed by atoms with Crippen LogP contribution in [0.25, 0.3) is 0 Å². The second-order valence-corrected chi connectivity index (χ2v) is 20.2. The van der Waals surface area contributed by atoms with E-state index in [1.807, 2.05) is 6.08 Å². The number of carboxylic acid groups (broad SMARTS) is 1. The lowest BCUT2D eigenvalue weighted by Gasteiger charge is -2.44. The molecular weight excluding hydrogens is 432 g/mol. The van der Waals surface area contributed by atoms with E-state index in [1.54, 1.807) is 6.92 Å². The Morgan fingerprint density at radius 2 is 1.62 bits per heavy atom. The van der Waals surface area contributed by atoms with Gasteiger partial charge in [-0.25, -0.2) is 4.79 Å². The highest BCUT2D eigenvalue weighted by molar-refractivity contribution is 6.74. The van der Waals surface area contributed by atoms with Gasteiger partial charge in [-0.05, 0) is 62.5 Å². The molecule has 0 rings (SSSR count). The Balaban J connectivity index is 6.07. The fourth-order valence-corrected chi connectivity index (χ4v) is 8.10. The van der Waals surface area contributed by atoms with Crippen molar-refractivity contribution in [2.45, 2.75) is 130 Å². The van der Waals surface area contributed by atoms with Gasteiger partial charge in [-0.2, -0.15) is 0 Å². The maximum absolute atomic E-state index is 11.4. The maximum Gasteiger partial charge on any atom is 0.330 e. The molecule has 0 amide bonds. The zero-order valence-electron chi connectivity index (χ0n) is 22.5. The summed E-state index contributed by atoms with van der Waals surface area (Å²) in [5.74, 6) is 2.04. The third kappa shape index (κ3) is 9.55. The average molecular weight is 483 g/mol. The first-order valence-electron chi connectivity index (χ1n) is 12.4. The van der Waals surface area contributed by atoms with E-state index in [9.17, 15) is 9.90 Å². The van der Waals surface area contributed by atoms with E-state index in [-0.39, 0.29) is 23.2 Å². The molecule has 3 atom stereocenters. The van der Waals surface area contributed by atoms with Crippen molar-refractivity contribution in [3.63, 3.8) is 0 Å². The molecule has 0 saturated heterocycles. The van der Waals surface area contributed by atoms with E-state index in [0.29, 0.717) is 12.0 Å². The summed E-state index contributed by atoms with van der Waals surface area (Å²) in [6.07, 6.45) is 10.5. The molecule has 0 fully saturated rings. The first-order valence-corrected chi connectivity index (χ1v) is 17.8. The molecule has 0 aromatic heterocycles. The van der Waals surface area contributed by atoms with Crippen LogP contribution in [0.1, 0.15) is 81.1 Å². The number of terminal acetylenes is 1. The van der Waals surface area contributed by atoms with Crippen molar-refractivity contribution in [3.05, 3.63) is 11.6 Å². The summed E-state index contributed by atoms with van der Waals surface area (Å²) >= 11 is 0. The number of carbonyl (C=O) groups is 1. The van der Waals surface area contributed by atoms with Crippen molar-refractivity contribution in [1.29, 1.82) is 0 Å². The number of hydrogen-bond acceptors (Lipinski definition) is 3. The first-order chi connectivity index (χ1) is 14.7. The van der Waals surface area contributed by atoms with Gasteiger partial charge in [0, 0.05) is 17.9 Å². The van der Waals surface area contributed by atoms with Crippen LogP contribution in [0.4, 0.5) is 0 Å². The van der Waals surface area contributed by atoms with Crippen LogP contribution in [-0.4, -0.2) is 39.9 Å². The highest BCUT2D eigenvalue weighted by atomic mass is 28.4. The highest BCUT2D eigenvalue weighted by Crippen LogP contribution is 2.40. The SMILES string of the molecule is C#CCCC[C@@H](O[Si](C)(C)C(C)(C)C)[C@H](C)[C@@H](C/C=C(\C)C(=O)O)O[Si](CC)(CC)CC. The zero-order chi connectivity index (χ0) is 25.2. The van der Waals surface area contributed by atoms with Crippen molar-refractivity contribution in [2.24, 2.45) is 5.92 Å². The van der Waals surface area contributed by atoms with E-state index in [4.69, 9.17) is 15.3 Å². The summed E-state index contributed by atoms with van der Waals surface area (Å²) in [5.41, 5.74) is 0.372. The predicted molar refractivity (Wildman–Crippen MR) is 142 cm³/mol. The van der Waals surface area contributed by atoms with Crippen LogP contribution < -0.4 is 0 Å². The van der Waals surface area contributed by atoms with Gasteiger partial charge in [0.15, 0.2) is 16.6 Å². The molecule has 186 valence electrons. The number of hydrogen-bond donors (Lipinski definition) is 1. The summed E-state index contributed by atoms with van der Waals surface area (Å²) in [6, 6.07) is 3.20. The van der Waals surface area contributed by atoms with Crippen molar-refractivity contribution >= 4 is 22.6 Å². The Labute approximate surface area is 200 Å². The summed E-state index contributed by atoms with van der Waals surface area (Å²) < 4.78 is 13.9. The fraction of sp³-hybridized carbons (Fsp3) is 0.808. The third-order valence-electron chi connectivity index (χ3n) is 7.56. The van der Waals surface area contributed by atoms with Crippen LogP contribution in [0, 0.1) is 18.3 Å². The Bertz CT molecular complexity index is 631. The van der Waals surface area contributed by atoms with Gasteiger partial charge in [-0.1, -0.05) is 54.5 Å². The maximum atomic E-state index is 11.4. The van der Waals surface area contributed by atoms with Gasteiger partial charge in [0.25, 0.3) is 0 Å². The summed E-state index contributed by atoms with van der Waals surface area (Å²) in [7, 11) is -3.86. The molecular formula is C26H50O4Si2. The lowest BCUT2D eigenvalue weighted by atomic mass is 9.92. The Morgan fingerprint density at radius 3 is 2.03 bits per heavy atom. The van der Waals surface area contributed by atoms with Gasteiger partial charge in [0.1, 0.15) is 0 Å². The lowest BCUT2D eigenvalue weighted by molar-refractivity contribution is -0.132. The van der Waals surface area contributed by atoms with Gasteiger partial charge in [0.2, 0.25) is 0 Å². The van der Waals surface area contributed by atoms with Crippen LogP contribution in [0.15, 0.2) is 11.6 Å². The molecule has 1 N–H and O–H groups in total. The first kappa shape index (κ1) is 31.1. The molecule has 0 saturated carbocycles. The van der Waals surface area contributed by atoms with Gasteiger partial charge in [0.05, 0.1) is 12.2 Å². The monoisotopic (exact) mass is 482 g/mol. The molecule has 0 unspecified atom stereocenters. The van der Waals surface area contributed by atoms with Crippen molar-refractivity contribution in [1.82, 2.24) is 0 Å². The molecule has 0 aromatic carbocycles. The molecule has 0 aliphatic carbocycles. The third-order valence-corrected chi connectivity index (χ3v) is 16.7. The highest BCUT2D eigenvalue weighted by Gasteiger charge is 2.42. The van der Waals surface area contributed by atoms with Gasteiger partial charge in [-0.15, -0.1) is 12.3 Å². The van der Waals surface area contributed by atoms with Crippen LogP contribution in [0.5, 0.6) is 0 Å². The Kier molecular flexibility index (Phi) is 13.4. The second kappa shape index (κ2) is 13.7. The Morgan fingerprint density at radius 1 is 1.09 bits per heavy atom. The molecule has 0 bridgehead atoms. The molecule has 0 radical (unpaired) electrons. The molecule has 0 aliphatic heterocycles. The standard InChI is InChI=1S/C26H50O4Si2/c1-12-16-17-18-23(29-31(10,11)26(7,8)9)22(6)24(20-19-21(5)25(27)28)30-32(13-2,14-3)15-4/h1,19,22-24H,13-18,20H2,2-11H3,(H,27,28)/b21-19+/t22-,23+,24+/m0/s1. The fourth-order valence-electron chi connectivity index (χ4n) is 3.70. The number of carboxylic acids is 1. The van der Waals surface area contributed by atoms with E-state index < -0.39 is 22.6 Å². The second-order valence-electron chi connectivity index (χ2n) is 10.7. The lowest BCUT2D eigenvalue weighted by Crippen LogP contribution is -2.49. The summed E-state index contributed by atoms with van der Waals surface area (Å²) in [6.45, 7) is 22.0. The van der Waals surface area contributed by atoms with Crippen molar-refractivity contribution in [3.8, 4) is 12.3 Å². The molecule has 0 spiro atoms. The van der Waals surface area contributed by atoms with Crippen molar-refractivity contribution in [2.75, 3.05) is 0 Å². The molecule has 6 heteroatoms. The topological polar surface area (TPSA) is 55.8 Å². The van der Waals surface area contributed by atoms with Crippen LogP contribution in [-0.2, 0) is 13.6 Å². The minimum absolute atomic E-state index is 0.0463. The largest absolute Gasteiger partial charge is 0.478 e. The number of aliphatic carboxylic acids is 1. The Hall–Kier alpha value is -0.876. The van der Waals surface area contributed by atoms with E-state index >= 15 is 0 Å². The summed E-state index contributed by atoms with van der Waals surface area (Å²) in [5, 5.41) is 9.47. The van der Waals surface area contributed by atoms with Crippen molar-refractivity contribution < 1.29 is 18.8 Å². The molecule has 32 heavy (non-hydrogen) atoms. The molecule has 0 aromatic rings. The minimum Gasteiger partial charge on any atom is -0.478 e. The predicted octanol–water partition coefficient (Wildman–Crippen LogP) is 7.63. The molecule has 4 nitrogen and oxygen atoms in total. The van der Waals surface area contributed by atoms with Crippen LogP contribution >= 0.6 is 0 Å².